The second-order valence-corrected chi connectivity index (χ2v) is 7.48. The Morgan fingerprint density at radius 2 is 1.63 bits per heavy atom. The number of halogens is 1. The molecule has 5 nitrogen and oxygen atoms in total. The molecule has 0 saturated carbocycles. The quantitative estimate of drug-likeness (QED) is 0.409. The van der Waals surface area contributed by atoms with Gasteiger partial charge in [-0.2, -0.15) is 0 Å². The summed E-state index contributed by atoms with van der Waals surface area (Å²) in [6.45, 7) is 7.79. The van der Waals surface area contributed by atoms with Gasteiger partial charge in [-0.3, -0.25) is 9.18 Å². The van der Waals surface area contributed by atoms with Crippen molar-refractivity contribution in [1.29, 1.82) is 0 Å². The lowest BCUT2D eigenvalue weighted by Gasteiger charge is -2.26. The van der Waals surface area contributed by atoms with E-state index < -0.39 is 6.10 Å². The highest BCUT2D eigenvalue weighted by Gasteiger charge is 2.23. The van der Waals surface area contributed by atoms with Gasteiger partial charge in [-0.15, -0.1) is 0 Å². The van der Waals surface area contributed by atoms with Gasteiger partial charge in [-0.25, -0.2) is 0 Å². The minimum Gasteiger partial charge on any atom is -0.494 e. The minimum absolute atomic E-state index is 0.0734. The van der Waals surface area contributed by atoms with E-state index in [1.807, 2.05) is 48.5 Å². The van der Waals surface area contributed by atoms with Crippen molar-refractivity contribution in [1.82, 2.24) is 5.32 Å². The number of hydrogen-bond acceptors (Lipinski definition) is 4. The van der Waals surface area contributed by atoms with Crippen LogP contribution in [0.5, 0.6) is 11.5 Å². The topological polar surface area (TPSA) is 67.8 Å². The van der Waals surface area contributed by atoms with Crippen LogP contribution in [0.15, 0.2) is 61.2 Å². The molecule has 162 valence electrons. The van der Waals surface area contributed by atoms with E-state index in [1.54, 1.807) is 0 Å². The van der Waals surface area contributed by atoms with Crippen LogP contribution < -0.4 is 14.8 Å². The molecule has 2 rings (SSSR count). The Labute approximate surface area is 177 Å². The SMILES string of the molecule is C=CC(=O)NCC(O)COc1ccc(C(C)(C)c2ccc(OCCCF)cc2)cc1. The third-order valence-electron chi connectivity index (χ3n) is 4.84. The highest BCUT2D eigenvalue weighted by atomic mass is 19.1. The van der Waals surface area contributed by atoms with Crippen molar-refractivity contribution in [2.24, 2.45) is 0 Å². The van der Waals surface area contributed by atoms with Crippen molar-refractivity contribution < 1.29 is 23.8 Å². The number of amides is 1. The fraction of sp³-hybridized carbons (Fsp3) is 0.375. The number of carbonyl (C=O) groups excluding carboxylic acids is 1. The molecule has 0 aliphatic heterocycles. The van der Waals surface area contributed by atoms with Crippen LogP contribution in [0.25, 0.3) is 0 Å². The lowest BCUT2D eigenvalue weighted by molar-refractivity contribution is -0.117. The molecule has 30 heavy (non-hydrogen) atoms. The molecule has 0 aliphatic carbocycles. The first-order valence-corrected chi connectivity index (χ1v) is 9.97. The summed E-state index contributed by atoms with van der Waals surface area (Å²) >= 11 is 0. The molecule has 0 spiro atoms. The van der Waals surface area contributed by atoms with Crippen LogP contribution in [0.4, 0.5) is 4.39 Å². The molecule has 2 aromatic carbocycles. The highest BCUT2D eigenvalue weighted by molar-refractivity contribution is 5.86. The monoisotopic (exact) mass is 415 g/mol. The molecule has 1 unspecified atom stereocenters. The van der Waals surface area contributed by atoms with E-state index in [2.05, 4.69) is 25.7 Å². The van der Waals surface area contributed by atoms with Crippen LogP contribution in [0, 0.1) is 0 Å². The number of hydrogen-bond donors (Lipinski definition) is 2. The number of alkyl halides is 1. The normalized spacial score (nSPS) is 12.1. The zero-order chi connectivity index (χ0) is 22.0. The largest absolute Gasteiger partial charge is 0.494 e. The van der Waals surface area contributed by atoms with Gasteiger partial charge in [0.2, 0.25) is 5.91 Å². The van der Waals surface area contributed by atoms with E-state index in [4.69, 9.17) is 9.47 Å². The van der Waals surface area contributed by atoms with Crippen molar-refractivity contribution in [3.8, 4) is 11.5 Å². The molecule has 0 fully saturated rings. The number of aliphatic hydroxyl groups excluding tert-OH is 1. The summed E-state index contributed by atoms with van der Waals surface area (Å²) in [5.41, 5.74) is 2.01. The summed E-state index contributed by atoms with van der Waals surface area (Å²) in [4.78, 5) is 11.1. The van der Waals surface area contributed by atoms with Gasteiger partial charge in [-0.1, -0.05) is 44.7 Å². The van der Waals surface area contributed by atoms with Crippen LogP contribution >= 0.6 is 0 Å². The van der Waals surface area contributed by atoms with Crippen LogP contribution in [0.2, 0.25) is 0 Å². The van der Waals surface area contributed by atoms with Gasteiger partial charge in [0.05, 0.1) is 13.3 Å². The van der Waals surface area contributed by atoms with Gasteiger partial charge in [0.25, 0.3) is 0 Å². The average molecular weight is 416 g/mol. The van der Waals surface area contributed by atoms with Gasteiger partial charge < -0.3 is 19.9 Å². The molecule has 1 atom stereocenters. The van der Waals surface area contributed by atoms with Gasteiger partial charge in [0, 0.05) is 18.4 Å². The number of ether oxygens (including phenoxy) is 2. The summed E-state index contributed by atoms with van der Waals surface area (Å²) in [6, 6.07) is 15.5. The molecule has 6 heteroatoms. The predicted octanol–water partition coefficient (Wildman–Crippen LogP) is 3.79. The molecule has 2 aromatic rings. The molecule has 0 bridgehead atoms. The summed E-state index contributed by atoms with van der Waals surface area (Å²) < 4.78 is 23.3. The third-order valence-corrected chi connectivity index (χ3v) is 4.84. The summed E-state index contributed by atoms with van der Waals surface area (Å²) in [5.74, 6) is 1.04. The Balaban J connectivity index is 1.93. The standard InChI is InChI=1S/C24H30FNO4/c1-4-23(28)26-16-20(27)17-30-22-12-8-19(9-13-22)24(2,3)18-6-10-21(11-7-18)29-15-5-14-25/h4,6-13,20,27H,1,5,14-17H2,2-3H3,(H,26,28). The Bertz CT molecular complexity index is 803. The van der Waals surface area contributed by atoms with E-state index in [0.29, 0.717) is 18.8 Å². The second-order valence-electron chi connectivity index (χ2n) is 7.48. The van der Waals surface area contributed by atoms with Crippen LogP contribution in [0.3, 0.4) is 0 Å². The zero-order valence-corrected chi connectivity index (χ0v) is 17.6. The average Bonchev–Trinajstić information content (AvgIpc) is 2.76. The Kier molecular flexibility index (Phi) is 8.87. The molecular weight excluding hydrogens is 385 g/mol. The van der Waals surface area contributed by atoms with Crippen LogP contribution in [-0.4, -0.2) is 43.6 Å². The first-order valence-electron chi connectivity index (χ1n) is 9.97. The smallest absolute Gasteiger partial charge is 0.243 e. The van der Waals surface area contributed by atoms with Gasteiger partial charge in [0.15, 0.2) is 0 Å². The third kappa shape index (κ3) is 6.88. The summed E-state index contributed by atoms with van der Waals surface area (Å²) in [5, 5.41) is 12.4. The van der Waals surface area contributed by atoms with Gasteiger partial charge in [-0.05, 0) is 41.5 Å². The van der Waals surface area contributed by atoms with Crippen molar-refractivity contribution in [3.63, 3.8) is 0 Å². The van der Waals surface area contributed by atoms with Gasteiger partial charge >= 0.3 is 0 Å². The summed E-state index contributed by atoms with van der Waals surface area (Å²) in [7, 11) is 0. The second kappa shape index (κ2) is 11.4. The first-order chi connectivity index (χ1) is 14.4. The van der Waals surface area contributed by atoms with Gasteiger partial charge in [0.1, 0.15) is 24.2 Å². The van der Waals surface area contributed by atoms with Crippen molar-refractivity contribution >= 4 is 5.91 Å². The fourth-order valence-corrected chi connectivity index (χ4v) is 2.89. The molecular formula is C24H30FNO4. The van der Waals surface area contributed by atoms with E-state index in [1.165, 1.54) is 0 Å². The lowest BCUT2D eigenvalue weighted by Crippen LogP contribution is -2.34. The van der Waals surface area contributed by atoms with E-state index >= 15 is 0 Å². The number of aliphatic hydroxyl groups is 1. The number of carbonyl (C=O) groups is 1. The fourth-order valence-electron chi connectivity index (χ4n) is 2.89. The number of benzene rings is 2. The molecule has 0 aliphatic rings. The van der Waals surface area contributed by atoms with Crippen molar-refractivity contribution in [3.05, 3.63) is 72.3 Å². The minimum atomic E-state index is -0.810. The predicted molar refractivity (Wildman–Crippen MR) is 116 cm³/mol. The van der Waals surface area contributed by atoms with Crippen LogP contribution in [0.1, 0.15) is 31.4 Å². The number of nitrogens with one attached hydrogen (secondary N) is 1. The van der Waals surface area contributed by atoms with Crippen molar-refractivity contribution in [2.45, 2.75) is 31.8 Å². The molecule has 0 heterocycles. The molecule has 0 aromatic heterocycles. The Morgan fingerprint density at radius 1 is 1.10 bits per heavy atom. The molecule has 0 radical (unpaired) electrons. The Hall–Kier alpha value is -2.86. The maximum Gasteiger partial charge on any atom is 0.243 e. The number of rotatable bonds is 12. The maximum atomic E-state index is 12.2. The molecule has 1 amide bonds. The molecule has 2 N–H and O–H groups in total. The summed E-state index contributed by atoms with van der Waals surface area (Å²) in [6.07, 6.45) is 0.736. The van der Waals surface area contributed by atoms with Crippen LogP contribution in [-0.2, 0) is 10.2 Å². The highest BCUT2D eigenvalue weighted by Crippen LogP contribution is 2.33. The Morgan fingerprint density at radius 3 is 2.13 bits per heavy atom. The van der Waals surface area contributed by atoms with E-state index in [0.717, 1.165) is 23.0 Å². The van der Waals surface area contributed by atoms with Crippen molar-refractivity contribution in [2.75, 3.05) is 26.4 Å². The first kappa shape index (κ1) is 23.4. The zero-order valence-electron chi connectivity index (χ0n) is 17.6. The maximum absolute atomic E-state index is 12.2. The van der Waals surface area contributed by atoms with E-state index in [9.17, 15) is 14.3 Å². The molecule has 0 saturated heterocycles. The van der Waals surface area contributed by atoms with E-state index in [-0.39, 0.29) is 31.1 Å². The lowest BCUT2D eigenvalue weighted by atomic mass is 9.78.